The molecule has 3 rings (SSSR count). The Labute approximate surface area is 137 Å². The SMILES string of the molecule is Cc1csc(CNCC(O)c2cc(Cl)c3c(c2)OCCO3)n1. The second kappa shape index (κ2) is 6.83. The number of nitrogens with zero attached hydrogens (tertiary/aromatic N) is 1. The monoisotopic (exact) mass is 340 g/mol. The number of nitrogens with one attached hydrogen (secondary N) is 1. The average Bonchev–Trinajstić information content (AvgIpc) is 2.92. The number of ether oxygens (including phenoxy) is 2. The highest BCUT2D eigenvalue weighted by atomic mass is 35.5. The van der Waals surface area contributed by atoms with Crippen molar-refractivity contribution in [3.05, 3.63) is 38.8 Å². The summed E-state index contributed by atoms with van der Waals surface area (Å²) in [5.74, 6) is 1.14. The molecule has 2 aromatic rings. The normalized spacial score (nSPS) is 14.9. The fourth-order valence-electron chi connectivity index (χ4n) is 2.24. The van der Waals surface area contributed by atoms with Crippen LogP contribution in [0.4, 0.5) is 0 Å². The van der Waals surface area contributed by atoms with Gasteiger partial charge in [0.15, 0.2) is 11.5 Å². The van der Waals surface area contributed by atoms with Gasteiger partial charge in [0, 0.05) is 24.2 Å². The van der Waals surface area contributed by atoms with Crippen LogP contribution in [0, 0.1) is 6.92 Å². The van der Waals surface area contributed by atoms with Crippen molar-refractivity contribution >= 4 is 22.9 Å². The first kappa shape index (κ1) is 15.6. The first-order valence-electron chi connectivity index (χ1n) is 7.02. The molecule has 1 unspecified atom stereocenters. The molecule has 22 heavy (non-hydrogen) atoms. The van der Waals surface area contributed by atoms with E-state index in [1.54, 1.807) is 23.5 Å². The number of aliphatic hydroxyl groups is 1. The van der Waals surface area contributed by atoms with Crippen LogP contribution in [-0.4, -0.2) is 29.8 Å². The zero-order valence-electron chi connectivity index (χ0n) is 12.1. The third-order valence-corrected chi connectivity index (χ3v) is 4.53. The molecular formula is C15H17ClN2O3S. The average molecular weight is 341 g/mol. The van der Waals surface area contributed by atoms with Crippen LogP contribution < -0.4 is 14.8 Å². The smallest absolute Gasteiger partial charge is 0.179 e. The predicted octanol–water partition coefficient (Wildman–Crippen LogP) is 2.70. The Morgan fingerprint density at radius 3 is 3.00 bits per heavy atom. The Balaban J connectivity index is 1.62. The first-order valence-corrected chi connectivity index (χ1v) is 8.28. The van der Waals surface area contributed by atoms with Crippen molar-refractivity contribution < 1.29 is 14.6 Å². The number of hydrogen-bond donors (Lipinski definition) is 2. The number of halogens is 1. The van der Waals surface area contributed by atoms with E-state index in [0.29, 0.717) is 48.4 Å². The highest BCUT2D eigenvalue weighted by molar-refractivity contribution is 7.09. The third-order valence-electron chi connectivity index (χ3n) is 3.28. The van der Waals surface area contributed by atoms with E-state index in [4.69, 9.17) is 21.1 Å². The molecule has 0 amide bonds. The lowest BCUT2D eigenvalue weighted by molar-refractivity contribution is 0.163. The lowest BCUT2D eigenvalue weighted by Crippen LogP contribution is -2.21. The van der Waals surface area contributed by atoms with Gasteiger partial charge >= 0.3 is 0 Å². The third kappa shape index (κ3) is 3.52. The van der Waals surface area contributed by atoms with Crippen LogP contribution >= 0.6 is 22.9 Å². The molecule has 0 aliphatic carbocycles. The molecule has 0 bridgehead atoms. The van der Waals surface area contributed by atoms with E-state index >= 15 is 0 Å². The first-order chi connectivity index (χ1) is 10.6. The molecule has 1 aliphatic rings. The Morgan fingerprint density at radius 1 is 1.41 bits per heavy atom. The summed E-state index contributed by atoms with van der Waals surface area (Å²) in [4.78, 5) is 4.37. The highest BCUT2D eigenvalue weighted by Crippen LogP contribution is 2.39. The minimum absolute atomic E-state index is 0.411. The minimum Gasteiger partial charge on any atom is -0.486 e. The van der Waals surface area contributed by atoms with Crippen molar-refractivity contribution in [1.29, 1.82) is 0 Å². The van der Waals surface area contributed by atoms with Crippen LogP contribution in [0.1, 0.15) is 22.4 Å². The predicted molar refractivity (Wildman–Crippen MR) is 86.0 cm³/mol. The molecule has 2 heterocycles. The van der Waals surface area contributed by atoms with Crippen LogP contribution in [0.5, 0.6) is 11.5 Å². The van der Waals surface area contributed by atoms with Crippen molar-refractivity contribution in [2.24, 2.45) is 0 Å². The summed E-state index contributed by atoms with van der Waals surface area (Å²) in [6, 6.07) is 3.50. The maximum absolute atomic E-state index is 10.3. The fourth-order valence-corrected chi connectivity index (χ4v) is 3.26. The summed E-state index contributed by atoms with van der Waals surface area (Å²) in [6.45, 7) is 3.99. The van der Waals surface area contributed by atoms with E-state index in [-0.39, 0.29) is 0 Å². The van der Waals surface area contributed by atoms with E-state index in [1.165, 1.54) is 0 Å². The molecule has 5 nitrogen and oxygen atoms in total. The molecule has 0 radical (unpaired) electrons. The maximum Gasteiger partial charge on any atom is 0.179 e. The summed E-state index contributed by atoms with van der Waals surface area (Å²) in [6.07, 6.45) is -0.672. The summed E-state index contributed by atoms with van der Waals surface area (Å²) >= 11 is 7.78. The summed E-state index contributed by atoms with van der Waals surface area (Å²) in [7, 11) is 0. The van der Waals surface area contributed by atoms with Gasteiger partial charge in [0.25, 0.3) is 0 Å². The lowest BCUT2D eigenvalue weighted by atomic mass is 10.1. The van der Waals surface area contributed by atoms with Gasteiger partial charge in [0.1, 0.15) is 18.2 Å². The molecule has 0 fully saturated rings. The van der Waals surface area contributed by atoms with Crippen LogP contribution in [0.2, 0.25) is 5.02 Å². The van der Waals surface area contributed by atoms with Gasteiger partial charge in [0.05, 0.1) is 11.1 Å². The van der Waals surface area contributed by atoms with E-state index in [0.717, 1.165) is 10.7 Å². The van der Waals surface area contributed by atoms with Crippen LogP contribution in [0.25, 0.3) is 0 Å². The van der Waals surface area contributed by atoms with Gasteiger partial charge in [-0.05, 0) is 24.6 Å². The zero-order chi connectivity index (χ0) is 15.5. The minimum atomic E-state index is -0.672. The van der Waals surface area contributed by atoms with Gasteiger partial charge in [0.2, 0.25) is 0 Å². The highest BCUT2D eigenvalue weighted by Gasteiger charge is 2.19. The summed E-state index contributed by atoms with van der Waals surface area (Å²) in [5, 5.41) is 17.0. The molecule has 0 saturated heterocycles. The molecular weight excluding hydrogens is 324 g/mol. The molecule has 1 atom stereocenters. The van der Waals surface area contributed by atoms with E-state index < -0.39 is 6.10 Å². The van der Waals surface area contributed by atoms with Crippen molar-refractivity contribution in [3.63, 3.8) is 0 Å². The number of aryl methyl sites for hydroxylation is 1. The molecule has 1 aliphatic heterocycles. The van der Waals surface area contributed by atoms with Gasteiger partial charge in [-0.3, -0.25) is 0 Å². The lowest BCUT2D eigenvalue weighted by Gasteiger charge is -2.21. The standard InChI is InChI=1S/C15H17ClN2O3S/c1-9-8-22-14(18-9)7-17-6-12(19)10-4-11(16)15-13(5-10)20-2-3-21-15/h4-5,8,12,17,19H,2-3,6-7H2,1H3. The van der Waals surface area contributed by atoms with Crippen LogP contribution in [-0.2, 0) is 6.54 Å². The second-order valence-electron chi connectivity index (χ2n) is 5.06. The largest absolute Gasteiger partial charge is 0.486 e. The Morgan fingerprint density at radius 2 is 2.23 bits per heavy atom. The van der Waals surface area contributed by atoms with Crippen molar-refractivity contribution in [1.82, 2.24) is 10.3 Å². The fraction of sp³-hybridized carbons (Fsp3) is 0.400. The molecule has 7 heteroatoms. The van der Waals surface area contributed by atoms with Gasteiger partial charge in [-0.2, -0.15) is 0 Å². The second-order valence-corrected chi connectivity index (χ2v) is 6.41. The Bertz CT molecular complexity index is 662. The molecule has 118 valence electrons. The number of benzene rings is 1. The molecule has 0 saturated carbocycles. The van der Waals surface area contributed by atoms with Gasteiger partial charge < -0.3 is 19.9 Å². The van der Waals surface area contributed by atoms with E-state index in [9.17, 15) is 5.11 Å². The number of thiazole rings is 1. The Hall–Kier alpha value is -1.34. The molecule has 1 aromatic heterocycles. The Kier molecular flexibility index (Phi) is 4.83. The topological polar surface area (TPSA) is 63.6 Å². The number of fused-ring (bicyclic) bond motifs is 1. The molecule has 0 spiro atoms. The summed E-state index contributed by atoms with van der Waals surface area (Å²) < 4.78 is 11.0. The van der Waals surface area contributed by atoms with Crippen molar-refractivity contribution in [2.75, 3.05) is 19.8 Å². The van der Waals surface area contributed by atoms with E-state index in [1.807, 2.05) is 12.3 Å². The van der Waals surface area contributed by atoms with Crippen molar-refractivity contribution in [2.45, 2.75) is 19.6 Å². The van der Waals surface area contributed by atoms with Crippen molar-refractivity contribution in [3.8, 4) is 11.5 Å². The number of hydrogen-bond acceptors (Lipinski definition) is 6. The van der Waals surface area contributed by atoms with Crippen LogP contribution in [0.15, 0.2) is 17.5 Å². The number of aromatic nitrogens is 1. The zero-order valence-corrected chi connectivity index (χ0v) is 13.7. The molecule has 2 N–H and O–H groups in total. The molecule has 1 aromatic carbocycles. The van der Waals surface area contributed by atoms with Crippen LogP contribution in [0.3, 0.4) is 0 Å². The maximum atomic E-state index is 10.3. The van der Waals surface area contributed by atoms with Gasteiger partial charge in [-0.25, -0.2) is 4.98 Å². The van der Waals surface area contributed by atoms with E-state index in [2.05, 4.69) is 10.3 Å². The number of aliphatic hydroxyl groups excluding tert-OH is 1. The van der Waals surface area contributed by atoms with Gasteiger partial charge in [-0.1, -0.05) is 11.6 Å². The van der Waals surface area contributed by atoms with Gasteiger partial charge in [-0.15, -0.1) is 11.3 Å². The summed E-state index contributed by atoms with van der Waals surface area (Å²) in [5.41, 5.74) is 1.72. The quantitative estimate of drug-likeness (QED) is 0.876. The number of rotatable bonds is 5.